The minimum Gasteiger partial charge on any atom is -0.461 e. The summed E-state index contributed by atoms with van der Waals surface area (Å²) in [5, 5.41) is 0. The molecule has 0 spiro atoms. The molecule has 0 fully saturated rings. The second-order valence-electron chi connectivity index (χ2n) is 2.59. The SMILES string of the molecule is CCC(OC(=O)CS)C(C)C=O. The van der Waals surface area contributed by atoms with Gasteiger partial charge in [-0.3, -0.25) is 4.79 Å². The molecule has 0 aromatic heterocycles. The van der Waals surface area contributed by atoms with Crippen molar-refractivity contribution in [3.63, 3.8) is 0 Å². The second kappa shape index (κ2) is 6.06. The van der Waals surface area contributed by atoms with Crippen molar-refractivity contribution in [1.82, 2.24) is 0 Å². The first-order chi connectivity index (χ1) is 5.65. The molecular formula is C8H14O3S. The summed E-state index contributed by atoms with van der Waals surface area (Å²) in [5.74, 6) is -0.556. The highest BCUT2D eigenvalue weighted by molar-refractivity contribution is 7.81. The Kier molecular flexibility index (Phi) is 5.80. The van der Waals surface area contributed by atoms with Crippen molar-refractivity contribution in [2.75, 3.05) is 5.75 Å². The van der Waals surface area contributed by atoms with Gasteiger partial charge in [-0.15, -0.1) is 0 Å². The molecule has 0 N–H and O–H groups in total. The average molecular weight is 190 g/mol. The van der Waals surface area contributed by atoms with Crippen molar-refractivity contribution < 1.29 is 14.3 Å². The Labute approximate surface area is 77.9 Å². The molecule has 4 heteroatoms. The first-order valence-electron chi connectivity index (χ1n) is 3.91. The van der Waals surface area contributed by atoms with Gasteiger partial charge in [-0.05, 0) is 6.42 Å². The van der Waals surface area contributed by atoms with Crippen LogP contribution in [0, 0.1) is 5.92 Å². The first-order valence-corrected chi connectivity index (χ1v) is 4.54. The smallest absolute Gasteiger partial charge is 0.315 e. The fourth-order valence-corrected chi connectivity index (χ4v) is 0.931. The van der Waals surface area contributed by atoms with Gasteiger partial charge >= 0.3 is 5.97 Å². The van der Waals surface area contributed by atoms with E-state index in [9.17, 15) is 9.59 Å². The highest BCUT2D eigenvalue weighted by Crippen LogP contribution is 2.09. The van der Waals surface area contributed by atoms with Crippen LogP contribution in [0.5, 0.6) is 0 Å². The third kappa shape index (κ3) is 3.76. The van der Waals surface area contributed by atoms with Gasteiger partial charge in [0.25, 0.3) is 0 Å². The minimum absolute atomic E-state index is 0.0576. The Morgan fingerprint density at radius 3 is 2.58 bits per heavy atom. The number of rotatable bonds is 5. The van der Waals surface area contributed by atoms with Gasteiger partial charge in [-0.25, -0.2) is 0 Å². The Balaban J connectivity index is 3.98. The molecule has 0 amide bonds. The molecule has 0 radical (unpaired) electrons. The Morgan fingerprint density at radius 1 is 1.67 bits per heavy atom. The van der Waals surface area contributed by atoms with E-state index in [1.165, 1.54) is 0 Å². The molecule has 0 aliphatic heterocycles. The molecule has 0 rings (SSSR count). The van der Waals surface area contributed by atoms with Crippen LogP contribution in [0.2, 0.25) is 0 Å². The number of thiol groups is 1. The summed E-state index contributed by atoms with van der Waals surface area (Å²) in [7, 11) is 0. The van der Waals surface area contributed by atoms with Crippen molar-refractivity contribution in [1.29, 1.82) is 0 Å². The predicted octanol–water partition coefficient (Wildman–Crippen LogP) is 1.07. The van der Waals surface area contributed by atoms with Crippen LogP contribution >= 0.6 is 12.6 Å². The van der Waals surface area contributed by atoms with Crippen LogP contribution < -0.4 is 0 Å². The summed E-state index contributed by atoms with van der Waals surface area (Å²) in [6, 6.07) is 0. The van der Waals surface area contributed by atoms with E-state index in [1.807, 2.05) is 6.92 Å². The van der Waals surface area contributed by atoms with Gasteiger partial charge in [-0.2, -0.15) is 12.6 Å². The number of hydrogen-bond donors (Lipinski definition) is 1. The molecular weight excluding hydrogens is 176 g/mol. The molecule has 0 bridgehead atoms. The lowest BCUT2D eigenvalue weighted by Crippen LogP contribution is -2.26. The third-order valence-corrected chi connectivity index (χ3v) is 1.87. The Bertz CT molecular complexity index is 158. The lowest BCUT2D eigenvalue weighted by molar-refractivity contribution is -0.148. The maximum absolute atomic E-state index is 10.8. The fourth-order valence-electron chi connectivity index (χ4n) is 0.856. The summed E-state index contributed by atoms with van der Waals surface area (Å²) in [5.41, 5.74) is 0. The summed E-state index contributed by atoms with van der Waals surface area (Å²) >= 11 is 3.76. The molecule has 0 saturated carbocycles. The summed E-state index contributed by atoms with van der Waals surface area (Å²) in [4.78, 5) is 21.2. The number of hydrogen-bond acceptors (Lipinski definition) is 4. The van der Waals surface area contributed by atoms with Gasteiger partial charge < -0.3 is 9.53 Å². The van der Waals surface area contributed by atoms with Crippen LogP contribution in [0.15, 0.2) is 0 Å². The molecule has 0 aliphatic carbocycles. The van der Waals surface area contributed by atoms with Crippen LogP contribution in [0.4, 0.5) is 0 Å². The number of carbonyl (C=O) groups excluding carboxylic acids is 2. The van der Waals surface area contributed by atoms with Crippen LogP contribution in [-0.4, -0.2) is 24.1 Å². The van der Waals surface area contributed by atoms with E-state index in [0.717, 1.165) is 6.29 Å². The molecule has 2 unspecified atom stereocenters. The number of carbonyl (C=O) groups is 2. The zero-order chi connectivity index (χ0) is 9.56. The second-order valence-corrected chi connectivity index (χ2v) is 2.91. The van der Waals surface area contributed by atoms with Crippen LogP contribution in [0.25, 0.3) is 0 Å². The Hall–Kier alpha value is -0.510. The molecule has 12 heavy (non-hydrogen) atoms. The average Bonchev–Trinajstić information content (AvgIpc) is 2.12. The molecule has 0 aromatic carbocycles. The predicted molar refractivity (Wildman–Crippen MR) is 49.3 cm³/mol. The van der Waals surface area contributed by atoms with Gasteiger partial charge in [-0.1, -0.05) is 13.8 Å². The maximum Gasteiger partial charge on any atom is 0.315 e. The maximum atomic E-state index is 10.8. The highest BCUT2D eigenvalue weighted by Gasteiger charge is 2.18. The van der Waals surface area contributed by atoms with E-state index < -0.39 is 0 Å². The van der Waals surface area contributed by atoms with Crippen molar-refractivity contribution in [3.8, 4) is 0 Å². The third-order valence-electron chi connectivity index (χ3n) is 1.62. The Morgan fingerprint density at radius 2 is 2.25 bits per heavy atom. The molecule has 70 valence electrons. The first kappa shape index (κ1) is 11.5. The largest absolute Gasteiger partial charge is 0.461 e. The van der Waals surface area contributed by atoms with Crippen molar-refractivity contribution in [2.24, 2.45) is 5.92 Å². The number of ether oxygens (including phenoxy) is 1. The fraction of sp³-hybridized carbons (Fsp3) is 0.750. The summed E-state index contributed by atoms with van der Waals surface area (Å²) in [6.07, 6.45) is 1.14. The molecule has 0 saturated heterocycles. The normalized spacial score (nSPS) is 14.9. The summed E-state index contributed by atoms with van der Waals surface area (Å²) < 4.78 is 4.95. The highest BCUT2D eigenvalue weighted by atomic mass is 32.1. The number of esters is 1. The lowest BCUT2D eigenvalue weighted by atomic mass is 10.0. The van der Waals surface area contributed by atoms with Gasteiger partial charge in [0.1, 0.15) is 12.4 Å². The summed E-state index contributed by atoms with van der Waals surface area (Å²) in [6.45, 7) is 3.60. The van der Waals surface area contributed by atoms with Crippen molar-refractivity contribution in [3.05, 3.63) is 0 Å². The van der Waals surface area contributed by atoms with E-state index in [1.54, 1.807) is 6.92 Å². The quantitative estimate of drug-likeness (QED) is 0.400. The zero-order valence-electron chi connectivity index (χ0n) is 7.32. The molecule has 0 heterocycles. The van der Waals surface area contributed by atoms with Gasteiger partial charge in [0.2, 0.25) is 0 Å². The molecule has 2 atom stereocenters. The van der Waals surface area contributed by atoms with E-state index in [2.05, 4.69) is 12.6 Å². The van der Waals surface area contributed by atoms with E-state index >= 15 is 0 Å². The standard InChI is InChI=1S/C8H14O3S/c1-3-7(6(2)4-9)11-8(10)5-12/h4,6-7,12H,3,5H2,1-2H3. The lowest BCUT2D eigenvalue weighted by Gasteiger charge is -2.17. The molecule has 0 aliphatic rings. The van der Waals surface area contributed by atoms with Crippen LogP contribution in [0.1, 0.15) is 20.3 Å². The monoisotopic (exact) mass is 190 g/mol. The molecule has 0 aromatic rings. The van der Waals surface area contributed by atoms with Crippen molar-refractivity contribution in [2.45, 2.75) is 26.4 Å². The van der Waals surface area contributed by atoms with E-state index in [0.29, 0.717) is 6.42 Å². The van der Waals surface area contributed by atoms with Gasteiger partial charge in [0.15, 0.2) is 0 Å². The van der Waals surface area contributed by atoms with Crippen LogP contribution in [-0.2, 0) is 14.3 Å². The van der Waals surface area contributed by atoms with Crippen molar-refractivity contribution >= 4 is 24.9 Å². The van der Waals surface area contributed by atoms with E-state index in [-0.39, 0.29) is 23.7 Å². The number of aldehydes is 1. The minimum atomic E-state index is -0.376. The zero-order valence-corrected chi connectivity index (χ0v) is 8.21. The topological polar surface area (TPSA) is 43.4 Å². The molecule has 3 nitrogen and oxygen atoms in total. The van der Waals surface area contributed by atoms with Crippen LogP contribution in [0.3, 0.4) is 0 Å². The van der Waals surface area contributed by atoms with E-state index in [4.69, 9.17) is 4.74 Å². The van der Waals surface area contributed by atoms with Gasteiger partial charge in [0.05, 0.1) is 5.75 Å². The van der Waals surface area contributed by atoms with Gasteiger partial charge in [0, 0.05) is 5.92 Å².